The molecule has 112 valence electrons. The summed E-state index contributed by atoms with van der Waals surface area (Å²) < 4.78 is 0. The lowest BCUT2D eigenvalue weighted by Crippen LogP contribution is -2.28. The zero-order valence-electron chi connectivity index (χ0n) is 12.7. The van der Waals surface area contributed by atoms with Gasteiger partial charge in [-0.1, -0.05) is 44.0 Å². The fourth-order valence-electron chi connectivity index (χ4n) is 3.12. The normalized spacial score (nSPS) is 23.6. The van der Waals surface area contributed by atoms with Crippen molar-refractivity contribution in [1.29, 1.82) is 0 Å². The van der Waals surface area contributed by atoms with E-state index < -0.39 is 0 Å². The molecular formula is C17H25Cl2N. The van der Waals surface area contributed by atoms with E-state index in [1.54, 1.807) is 6.07 Å². The van der Waals surface area contributed by atoms with E-state index in [0.717, 1.165) is 24.1 Å². The Kier molecular flexibility index (Phi) is 5.25. The lowest BCUT2D eigenvalue weighted by molar-refractivity contribution is 0.153. The van der Waals surface area contributed by atoms with Gasteiger partial charge in [0.1, 0.15) is 0 Å². The zero-order valence-corrected chi connectivity index (χ0v) is 14.2. The molecule has 3 heteroatoms. The second-order valence-electron chi connectivity index (χ2n) is 7.09. The molecule has 0 atom stereocenters. The van der Waals surface area contributed by atoms with Crippen molar-refractivity contribution in [3.63, 3.8) is 0 Å². The van der Waals surface area contributed by atoms with Gasteiger partial charge in [0.05, 0.1) is 10.7 Å². The molecule has 0 saturated heterocycles. The highest BCUT2D eigenvalue weighted by atomic mass is 35.5. The minimum atomic E-state index is 0.456. The Hall–Kier alpha value is -0.400. The van der Waals surface area contributed by atoms with E-state index in [2.05, 4.69) is 26.1 Å². The molecule has 1 aliphatic rings. The summed E-state index contributed by atoms with van der Waals surface area (Å²) in [5, 5.41) is 4.87. The number of halogens is 2. The van der Waals surface area contributed by atoms with Gasteiger partial charge in [0.15, 0.2) is 0 Å². The number of anilines is 1. The van der Waals surface area contributed by atoms with Crippen LogP contribution in [0.5, 0.6) is 0 Å². The van der Waals surface area contributed by atoms with Crippen LogP contribution in [0.3, 0.4) is 0 Å². The molecule has 2 rings (SSSR count). The molecule has 1 aromatic carbocycles. The predicted octanol–water partition coefficient (Wildman–Crippen LogP) is 6.26. The number of nitrogens with one attached hydrogen (secondary N) is 1. The summed E-state index contributed by atoms with van der Waals surface area (Å²) in [4.78, 5) is 0. The molecule has 0 amide bonds. The first-order valence-corrected chi connectivity index (χ1v) is 8.31. The quantitative estimate of drug-likeness (QED) is 0.694. The summed E-state index contributed by atoms with van der Waals surface area (Å²) in [6, 6.07) is 5.64. The molecule has 1 saturated carbocycles. The van der Waals surface area contributed by atoms with Gasteiger partial charge in [-0.3, -0.25) is 0 Å². The van der Waals surface area contributed by atoms with E-state index in [-0.39, 0.29) is 0 Å². The fraction of sp³-hybridized carbons (Fsp3) is 0.647. The van der Waals surface area contributed by atoms with Gasteiger partial charge in [0.25, 0.3) is 0 Å². The van der Waals surface area contributed by atoms with Crippen LogP contribution < -0.4 is 5.32 Å². The van der Waals surface area contributed by atoms with Crippen molar-refractivity contribution in [2.75, 3.05) is 11.9 Å². The summed E-state index contributed by atoms with van der Waals surface area (Å²) in [6.45, 7) is 8.11. The van der Waals surface area contributed by atoms with E-state index in [0.29, 0.717) is 15.5 Å². The highest BCUT2D eigenvalue weighted by Crippen LogP contribution is 2.40. The summed E-state index contributed by atoms with van der Waals surface area (Å²) in [6.07, 6.45) is 5.34. The van der Waals surface area contributed by atoms with Gasteiger partial charge >= 0.3 is 0 Å². The maximum absolute atomic E-state index is 6.18. The number of rotatable bonds is 3. The summed E-state index contributed by atoms with van der Waals surface area (Å²) in [7, 11) is 0. The molecule has 1 aliphatic carbocycles. The number of hydrogen-bond acceptors (Lipinski definition) is 1. The number of benzene rings is 1. The SMILES string of the molecule is CC(C)(C)C1CCC(CNc2ccc(Cl)cc2Cl)CC1. The summed E-state index contributed by atoms with van der Waals surface area (Å²) in [5.74, 6) is 1.64. The van der Waals surface area contributed by atoms with Crippen LogP contribution in [0.25, 0.3) is 0 Å². The Labute approximate surface area is 133 Å². The smallest absolute Gasteiger partial charge is 0.0652 e. The second kappa shape index (κ2) is 6.58. The van der Waals surface area contributed by atoms with E-state index in [4.69, 9.17) is 23.2 Å². The topological polar surface area (TPSA) is 12.0 Å². The van der Waals surface area contributed by atoms with E-state index in [1.807, 2.05) is 12.1 Å². The molecule has 20 heavy (non-hydrogen) atoms. The maximum Gasteiger partial charge on any atom is 0.0652 e. The monoisotopic (exact) mass is 313 g/mol. The molecule has 0 aromatic heterocycles. The second-order valence-corrected chi connectivity index (χ2v) is 7.93. The van der Waals surface area contributed by atoms with E-state index >= 15 is 0 Å². The van der Waals surface area contributed by atoms with Gasteiger partial charge in [-0.05, 0) is 61.1 Å². The average molecular weight is 314 g/mol. The van der Waals surface area contributed by atoms with Crippen molar-refractivity contribution in [2.45, 2.75) is 46.5 Å². The van der Waals surface area contributed by atoms with Crippen molar-refractivity contribution in [2.24, 2.45) is 17.3 Å². The molecule has 1 aromatic rings. The largest absolute Gasteiger partial charge is 0.384 e. The van der Waals surface area contributed by atoms with Crippen molar-refractivity contribution < 1.29 is 0 Å². The summed E-state index contributed by atoms with van der Waals surface area (Å²) in [5.41, 5.74) is 1.45. The van der Waals surface area contributed by atoms with Gasteiger partial charge in [-0.15, -0.1) is 0 Å². The first-order valence-electron chi connectivity index (χ1n) is 7.55. The number of hydrogen-bond donors (Lipinski definition) is 1. The zero-order chi connectivity index (χ0) is 14.8. The van der Waals surface area contributed by atoms with E-state index in [9.17, 15) is 0 Å². The Morgan fingerprint density at radius 3 is 2.30 bits per heavy atom. The van der Waals surface area contributed by atoms with Crippen molar-refractivity contribution in [3.8, 4) is 0 Å². The standard InChI is InChI=1S/C17H25Cl2N/c1-17(2,3)13-6-4-12(5-7-13)11-20-16-9-8-14(18)10-15(16)19/h8-10,12-13,20H,4-7,11H2,1-3H3. The average Bonchev–Trinajstić information content (AvgIpc) is 2.37. The molecule has 1 nitrogen and oxygen atoms in total. The van der Waals surface area contributed by atoms with Crippen LogP contribution in [-0.2, 0) is 0 Å². The highest BCUT2D eigenvalue weighted by Gasteiger charge is 2.29. The third-order valence-electron chi connectivity index (χ3n) is 4.58. The van der Waals surface area contributed by atoms with Crippen LogP contribution >= 0.6 is 23.2 Å². The highest BCUT2D eigenvalue weighted by molar-refractivity contribution is 6.36. The molecule has 0 heterocycles. The van der Waals surface area contributed by atoms with Gasteiger partial charge in [0, 0.05) is 11.6 Å². The van der Waals surface area contributed by atoms with Crippen molar-refractivity contribution in [3.05, 3.63) is 28.2 Å². The first kappa shape index (κ1) is 16.0. The Morgan fingerprint density at radius 2 is 1.75 bits per heavy atom. The Bertz CT molecular complexity index is 443. The van der Waals surface area contributed by atoms with Gasteiger partial charge in [0.2, 0.25) is 0 Å². The Balaban J connectivity index is 1.82. The lowest BCUT2D eigenvalue weighted by atomic mass is 9.70. The minimum absolute atomic E-state index is 0.456. The fourth-order valence-corrected chi connectivity index (χ4v) is 3.60. The van der Waals surface area contributed by atoms with Gasteiger partial charge in [-0.2, -0.15) is 0 Å². The third-order valence-corrected chi connectivity index (χ3v) is 5.13. The first-order chi connectivity index (χ1) is 9.36. The summed E-state index contributed by atoms with van der Waals surface area (Å²) >= 11 is 12.1. The van der Waals surface area contributed by atoms with Crippen LogP contribution in [-0.4, -0.2) is 6.54 Å². The minimum Gasteiger partial charge on any atom is -0.384 e. The molecule has 0 radical (unpaired) electrons. The van der Waals surface area contributed by atoms with E-state index in [1.165, 1.54) is 25.7 Å². The van der Waals surface area contributed by atoms with Crippen LogP contribution in [0.15, 0.2) is 18.2 Å². The molecule has 1 fully saturated rings. The molecular weight excluding hydrogens is 289 g/mol. The van der Waals surface area contributed by atoms with Crippen LogP contribution in [0, 0.1) is 17.3 Å². The van der Waals surface area contributed by atoms with Gasteiger partial charge in [-0.25, -0.2) is 0 Å². The van der Waals surface area contributed by atoms with Crippen LogP contribution in [0.4, 0.5) is 5.69 Å². The Morgan fingerprint density at radius 1 is 1.10 bits per heavy atom. The molecule has 0 aliphatic heterocycles. The molecule has 0 spiro atoms. The van der Waals surface area contributed by atoms with Crippen molar-refractivity contribution in [1.82, 2.24) is 0 Å². The molecule has 1 N–H and O–H groups in total. The van der Waals surface area contributed by atoms with Crippen molar-refractivity contribution >= 4 is 28.9 Å². The predicted molar refractivity (Wildman–Crippen MR) is 89.9 cm³/mol. The molecule has 0 bridgehead atoms. The lowest BCUT2D eigenvalue weighted by Gasteiger charge is -2.37. The van der Waals surface area contributed by atoms with Crippen LogP contribution in [0.2, 0.25) is 10.0 Å². The van der Waals surface area contributed by atoms with Gasteiger partial charge < -0.3 is 5.32 Å². The maximum atomic E-state index is 6.18. The molecule has 0 unspecified atom stereocenters. The van der Waals surface area contributed by atoms with Crippen LogP contribution in [0.1, 0.15) is 46.5 Å². The third kappa shape index (κ3) is 4.30.